The van der Waals surface area contributed by atoms with Crippen LogP contribution in [0.2, 0.25) is 15.1 Å². The number of phenols is 1. The van der Waals surface area contributed by atoms with E-state index in [1.165, 1.54) is 42.3 Å². The lowest BCUT2D eigenvalue weighted by molar-refractivity contribution is -0.132. The molecule has 1 aliphatic rings. The minimum absolute atomic E-state index is 0.0359. The van der Waals surface area contributed by atoms with Crippen molar-refractivity contribution in [2.24, 2.45) is 0 Å². The van der Waals surface area contributed by atoms with Gasteiger partial charge in [0, 0.05) is 15.7 Å². The third-order valence-electron chi connectivity index (χ3n) is 5.95. The summed E-state index contributed by atoms with van der Waals surface area (Å²) in [5.74, 6) is -2.25. The van der Waals surface area contributed by atoms with Crippen molar-refractivity contribution in [3.8, 4) is 17.2 Å². The van der Waals surface area contributed by atoms with E-state index in [2.05, 4.69) is 0 Å². The Bertz CT molecular complexity index is 1450. The number of ether oxygens (including phenoxy) is 2. The van der Waals surface area contributed by atoms with E-state index in [4.69, 9.17) is 44.3 Å². The molecule has 3 aromatic carbocycles. The van der Waals surface area contributed by atoms with Crippen molar-refractivity contribution in [3.63, 3.8) is 0 Å². The number of anilines is 1. The zero-order chi connectivity index (χ0) is 27.0. The van der Waals surface area contributed by atoms with Crippen LogP contribution in [0.1, 0.15) is 29.7 Å². The standard InChI is InChI=1S/C27H22Cl3NO6/c1-4-37-21-9-14(6-8-20(21)32)23-22(24(33)17-10-15(28)11-19(30)26(17)36-3)25(34)27(35)31(23)16-7-5-13(2)18(29)12-16/h5-12,23,32-33H,4H2,1-3H3/b24-22+. The Morgan fingerprint density at radius 2 is 1.76 bits per heavy atom. The Morgan fingerprint density at radius 1 is 1.03 bits per heavy atom. The van der Waals surface area contributed by atoms with Crippen molar-refractivity contribution < 1.29 is 29.3 Å². The Hall–Kier alpha value is -3.39. The number of Topliss-reactive ketones (excluding diaryl/α,β-unsaturated/α-hetero) is 1. The number of aromatic hydroxyl groups is 1. The number of amides is 1. The van der Waals surface area contributed by atoms with Crippen LogP contribution in [0.15, 0.2) is 54.1 Å². The summed E-state index contributed by atoms with van der Waals surface area (Å²) in [7, 11) is 1.35. The quantitative estimate of drug-likeness (QED) is 0.197. The van der Waals surface area contributed by atoms with Gasteiger partial charge in [0.05, 0.1) is 35.9 Å². The number of hydrogen-bond acceptors (Lipinski definition) is 6. The summed E-state index contributed by atoms with van der Waals surface area (Å²) in [6, 6.07) is 11.1. The first-order valence-corrected chi connectivity index (χ1v) is 12.3. The topological polar surface area (TPSA) is 96.3 Å². The summed E-state index contributed by atoms with van der Waals surface area (Å²) >= 11 is 18.8. The number of hydrogen-bond donors (Lipinski definition) is 2. The molecule has 10 heteroatoms. The van der Waals surface area contributed by atoms with Crippen molar-refractivity contribution >= 4 is 57.9 Å². The number of rotatable bonds is 6. The molecule has 3 aromatic rings. The number of methoxy groups -OCH3 is 1. The van der Waals surface area contributed by atoms with Crippen molar-refractivity contribution in [2.45, 2.75) is 19.9 Å². The third kappa shape index (κ3) is 4.82. The maximum atomic E-state index is 13.5. The first-order chi connectivity index (χ1) is 17.6. The lowest BCUT2D eigenvalue weighted by Gasteiger charge is -2.26. The molecule has 0 aliphatic carbocycles. The van der Waals surface area contributed by atoms with E-state index in [0.29, 0.717) is 16.3 Å². The fourth-order valence-electron chi connectivity index (χ4n) is 4.21. The molecule has 1 aliphatic heterocycles. The summed E-state index contributed by atoms with van der Waals surface area (Å²) in [4.78, 5) is 28.1. The highest BCUT2D eigenvalue weighted by atomic mass is 35.5. The zero-order valence-electron chi connectivity index (χ0n) is 20.0. The van der Waals surface area contributed by atoms with Crippen LogP contribution in [0, 0.1) is 6.92 Å². The maximum Gasteiger partial charge on any atom is 0.300 e. The van der Waals surface area contributed by atoms with E-state index < -0.39 is 23.5 Å². The van der Waals surface area contributed by atoms with Gasteiger partial charge < -0.3 is 19.7 Å². The summed E-state index contributed by atoms with van der Waals surface area (Å²) in [5.41, 5.74) is 1.31. The number of nitrogens with zero attached hydrogens (tertiary/aromatic N) is 1. The van der Waals surface area contributed by atoms with Gasteiger partial charge in [-0.25, -0.2) is 0 Å². The molecule has 192 valence electrons. The average molecular weight is 563 g/mol. The van der Waals surface area contributed by atoms with E-state index >= 15 is 0 Å². The number of aryl methyl sites for hydroxylation is 1. The van der Waals surface area contributed by atoms with Gasteiger partial charge in [0.25, 0.3) is 11.7 Å². The van der Waals surface area contributed by atoms with Gasteiger partial charge in [-0.15, -0.1) is 0 Å². The van der Waals surface area contributed by atoms with Gasteiger partial charge in [0.2, 0.25) is 0 Å². The van der Waals surface area contributed by atoms with E-state index in [1.54, 1.807) is 32.0 Å². The van der Waals surface area contributed by atoms with Crippen molar-refractivity contribution in [1.82, 2.24) is 0 Å². The average Bonchev–Trinajstić information content (AvgIpc) is 3.12. The maximum absolute atomic E-state index is 13.5. The lowest BCUT2D eigenvalue weighted by atomic mass is 9.94. The Morgan fingerprint density at radius 3 is 2.41 bits per heavy atom. The number of benzene rings is 3. The molecule has 0 saturated carbocycles. The summed E-state index contributed by atoms with van der Waals surface area (Å²) in [5, 5.41) is 22.4. The highest BCUT2D eigenvalue weighted by Crippen LogP contribution is 2.46. The van der Waals surface area contributed by atoms with Gasteiger partial charge in [-0.1, -0.05) is 46.9 Å². The van der Waals surface area contributed by atoms with Crippen LogP contribution in [-0.2, 0) is 9.59 Å². The fourth-order valence-corrected chi connectivity index (χ4v) is 4.95. The van der Waals surface area contributed by atoms with Gasteiger partial charge in [-0.3, -0.25) is 14.5 Å². The second-order valence-electron chi connectivity index (χ2n) is 8.23. The smallest absolute Gasteiger partial charge is 0.300 e. The molecule has 37 heavy (non-hydrogen) atoms. The summed E-state index contributed by atoms with van der Waals surface area (Å²) in [6.45, 7) is 3.83. The Balaban J connectivity index is 2.03. The highest BCUT2D eigenvalue weighted by molar-refractivity contribution is 6.52. The van der Waals surface area contributed by atoms with Crippen LogP contribution < -0.4 is 14.4 Å². The van der Waals surface area contributed by atoms with Crippen LogP contribution in [0.4, 0.5) is 5.69 Å². The molecular formula is C27H22Cl3NO6. The fraction of sp³-hybridized carbons (Fsp3) is 0.185. The number of phenolic OH excluding ortho intramolecular Hbond substituents is 1. The van der Waals surface area contributed by atoms with E-state index in [0.717, 1.165) is 5.56 Å². The lowest BCUT2D eigenvalue weighted by Crippen LogP contribution is -2.29. The first-order valence-electron chi connectivity index (χ1n) is 11.1. The first kappa shape index (κ1) is 26.7. The number of carbonyl (C=O) groups is 2. The molecule has 0 radical (unpaired) electrons. The molecule has 7 nitrogen and oxygen atoms in total. The highest BCUT2D eigenvalue weighted by Gasteiger charge is 2.47. The van der Waals surface area contributed by atoms with Crippen LogP contribution in [0.3, 0.4) is 0 Å². The zero-order valence-corrected chi connectivity index (χ0v) is 22.3. The number of ketones is 1. The number of carbonyl (C=O) groups excluding carboxylic acids is 2. The van der Waals surface area contributed by atoms with Gasteiger partial charge in [0.15, 0.2) is 11.5 Å². The van der Waals surface area contributed by atoms with E-state index in [-0.39, 0.29) is 45.0 Å². The molecule has 2 N–H and O–H groups in total. The molecule has 1 saturated heterocycles. The van der Waals surface area contributed by atoms with Crippen LogP contribution >= 0.6 is 34.8 Å². The van der Waals surface area contributed by atoms with Gasteiger partial charge in [0.1, 0.15) is 11.5 Å². The molecule has 1 fully saturated rings. The Labute approximate surface area is 228 Å². The van der Waals surface area contributed by atoms with Crippen molar-refractivity contribution in [1.29, 1.82) is 0 Å². The molecule has 1 atom stereocenters. The largest absolute Gasteiger partial charge is 0.507 e. The predicted molar refractivity (Wildman–Crippen MR) is 143 cm³/mol. The summed E-state index contributed by atoms with van der Waals surface area (Å²) in [6.07, 6.45) is 0. The molecular weight excluding hydrogens is 541 g/mol. The second kappa shape index (κ2) is 10.5. The predicted octanol–water partition coefficient (Wildman–Crippen LogP) is 6.69. The molecule has 1 unspecified atom stereocenters. The molecule has 1 heterocycles. The number of aliphatic hydroxyl groups excluding tert-OH is 1. The normalized spacial score (nSPS) is 16.8. The number of halogens is 3. The molecule has 4 rings (SSSR count). The summed E-state index contributed by atoms with van der Waals surface area (Å²) < 4.78 is 10.9. The molecule has 1 amide bonds. The van der Waals surface area contributed by atoms with Gasteiger partial charge in [-0.05, 0) is 61.4 Å². The second-order valence-corrected chi connectivity index (χ2v) is 9.48. The van der Waals surface area contributed by atoms with E-state index in [9.17, 15) is 19.8 Å². The Kier molecular flexibility index (Phi) is 7.59. The minimum Gasteiger partial charge on any atom is -0.507 e. The van der Waals surface area contributed by atoms with Gasteiger partial charge >= 0.3 is 0 Å². The molecule has 0 bridgehead atoms. The van der Waals surface area contributed by atoms with Gasteiger partial charge in [-0.2, -0.15) is 0 Å². The van der Waals surface area contributed by atoms with Crippen LogP contribution in [-0.4, -0.2) is 35.6 Å². The minimum atomic E-state index is -1.11. The monoisotopic (exact) mass is 561 g/mol. The van der Waals surface area contributed by atoms with Crippen LogP contribution in [0.25, 0.3) is 5.76 Å². The van der Waals surface area contributed by atoms with Crippen molar-refractivity contribution in [3.05, 3.63) is 85.9 Å². The molecule has 0 spiro atoms. The van der Waals surface area contributed by atoms with Crippen LogP contribution in [0.5, 0.6) is 17.2 Å². The SMILES string of the molecule is CCOc1cc(C2/C(=C(\O)c3cc(Cl)cc(Cl)c3OC)C(=O)C(=O)N2c2ccc(C)c(Cl)c2)ccc1O. The third-order valence-corrected chi connectivity index (χ3v) is 6.85. The van der Waals surface area contributed by atoms with Crippen molar-refractivity contribution in [2.75, 3.05) is 18.6 Å². The number of aliphatic hydroxyl groups is 1. The molecule has 0 aromatic heterocycles. The van der Waals surface area contributed by atoms with E-state index in [1.807, 2.05) is 0 Å².